The first-order chi connectivity index (χ1) is 8.80. The van der Waals surface area contributed by atoms with Gasteiger partial charge in [-0.25, -0.2) is 13.4 Å². The molecule has 0 aliphatic carbocycles. The average Bonchev–Trinajstić information content (AvgIpc) is 2.70. The van der Waals surface area contributed by atoms with Crippen molar-refractivity contribution in [3.63, 3.8) is 0 Å². The first-order valence-corrected chi connectivity index (χ1v) is 7.14. The maximum Gasteiger partial charge on any atom is 0.226 e. The normalized spacial score (nSPS) is 11.5. The number of Topliss-reactive ketones (excluding diaryl/α,β-unsaturated/α-hetero) is 1. The van der Waals surface area contributed by atoms with Gasteiger partial charge in [-0.1, -0.05) is 0 Å². The maximum absolute atomic E-state index is 11.3. The fourth-order valence-corrected chi connectivity index (χ4v) is 2.03. The molecule has 0 atom stereocenters. The molecule has 0 aliphatic heterocycles. The summed E-state index contributed by atoms with van der Waals surface area (Å²) in [6, 6.07) is 2.75. The Labute approximate surface area is 109 Å². The van der Waals surface area contributed by atoms with Crippen LogP contribution in [0.15, 0.2) is 29.4 Å². The van der Waals surface area contributed by atoms with Gasteiger partial charge in [0.1, 0.15) is 0 Å². The monoisotopic (exact) mass is 281 g/mol. The van der Waals surface area contributed by atoms with E-state index in [1.54, 1.807) is 0 Å². The molecule has 8 heteroatoms. The fourth-order valence-electron chi connectivity index (χ4n) is 1.48. The first kappa shape index (κ1) is 13.2. The number of sulfone groups is 1. The molecule has 0 amide bonds. The van der Waals surface area contributed by atoms with Crippen LogP contribution in [0.3, 0.4) is 0 Å². The summed E-state index contributed by atoms with van der Waals surface area (Å²) in [5.41, 5.74) is 0.0778. The Morgan fingerprint density at radius 2 is 2.00 bits per heavy atom. The van der Waals surface area contributed by atoms with Crippen molar-refractivity contribution in [2.24, 2.45) is 0 Å². The number of nitrogens with zero attached hydrogens (tertiary/aromatic N) is 3. The van der Waals surface area contributed by atoms with E-state index in [0.717, 1.165) is 10.9 Å². The van der Waals surface area contributed by atoms with E-state index in [9.17, 15) is 18.3 Å². The SMILES string of the molecule is CC(=O)c1cnn(-c2ccc(S(C)(=O)=O)cn2)c1O. The van der Waals surface area contributed by atoms with Crippen LogP contribution in [0, 0.1) is 0 Å². The summed E-state index contributed by atoms with van der Waals surface area (Å²) in [5, 5.41) is 13.6. The van der Waals surface area contributed by atoms with Gasteiger partial charge in [0.2, 0.25) is 5.88 Å². The van der Waals surface area contributed by atoms with Gasteiger partial charge in [-0.05, 0) is 19.1 Å². The van der Waals surface area contributed by atoms with Crippen LogP contribution in [0.2, 0.25) is 0 Å². The molecule has 1 N–H and O–H groups in total. The van der Waals surface area contributed by atoms with Crippen molar-refractivity contribution in [2.75, 3.05) is 6.26 Å². The summed E-state index contributed by atoms with van der Waals surface area (Å²) in [4.78, 5) is 15.1. The summed E-state index contributed by atoms with van der Waals surface area (Å²) in [6.07, 6.45) is 3.46. The van der Waals surface area contributed by atoms with Crippen LogP contribution in [0.4, 0.5) is 0 Å². The maximum atomic E-state index is 11.3. The van der Waals surface area contributed by atoms with Gasteiger partial charge in [-0.2, -0.15) is 9.78 Å². The van der Waals surface area contributed by atoms with E-state index >= 15 is 0 Å². The lowest BCUT2D eigenvalue weighted by molar-refractivity contribution is 0.101. The number of hydrogen-bond donors (Lipinski definition) is 1. The van der Waals surface area contributed by atoms with E-state index in [1.165, 1.54) is 31.5 Å². The van der Waals surface area contributed by atoms with Gasteiger partial charge in [0.05, 0.1) is 16.7 Å². The molecule has 2 rings (SSSR count). The van der Waals surface area contributed by atoms with Gasteiger partial charge >= 0.3 is 0 Å². The lowest BCUT2D eigenvalue weighted by atomic mass is 10.2. The van der Waals surface area contributed by atoms with Crippen LogP contribution in [0.5, 0.6) is 5.88 Å². The lowest BCUT2D eigenvalue weighted by Gasteiger charge is -2.03. The number of aromatic hydroxyl groups is 1. The highest BCUT2D eigenvalue weighted by Gasteiger charge is 2.16. The molecule has 2 aromatic heterocycles. The van der Waals surface area contributed by atoms with Crippen LogP contribution >= 0.6 is 0 Å². The second kappa shape index (κ2) is 4.47. The van der Waals surface area contributed by atoms with Crippen LogP contribution in [0.1, 0.15) is 17.3 Å². The van der Waals surface area contributed by atoms with Crippen LogP contribution in [-0.4, -0.2) is 40.3 Å². The van der Waals surface area contributed by atoms with E-state index < -0.39 is 9.84 Å². The Hall–Kier alpha value is -2.22. The molecule has 0 saturated heterocycles. The largest absolute Gasteiger partial charge is 0.493 e. The quantitative estimate of drug-likeness (QED) is 0.825. The highest BCUT2D eigenvalue weighted by Crippen LogP contribution is 2.20. The van der Waals surface area contributed by atoms with Crippen molar-refractivity contribution >= 4 is 15.6 Å². The van der Waals surface area contributed by atoms with Gasteiger partial charge in [-0.3, -0.25) is 4.79 Å². The molecule has 19 heavy (non-hydrogen) atoms. The zero-order valence-electron chi connectivity index (χ0n) is 10.2. The van der Waals surface area contributed by atoms with E-state index in [4.69, 9.17) is 0 Å². The first-order valence-electron chi connectivity index (χ1n) is 5.25. The predicted octanol–water partition coefficient (Wildman–Crippen LogP) is 0.579. The van der Waals surface area contributed by atoms with Gasteiger partial charge in [-0.15, -0.1) is 0 Å². The summed E-state index contributed by atoms with van der Waals surface area (Å²) in [6.45, 7) is 1.31. The van der Waals surface area contributed by atoms with E-state index in [-0.39, 0.29) is 27.9 Å². The highest BCUT2D eigenvalue weighted by molar-refractivity contribution is 7.90. The van der Waals surface area contributed by atoms with Crippen molar-refractivity contribution in [3.05, 3.63) is 30.1 Å². The fraction of sp³-hybridized carbons (Fsp3) is 0.182. The number of aromatic nitrogens is 3. The highest BCUT2D eigenvalue weighted by atomic mass is 32.2. The minimum absolute atomic E-state index is 0.0645. The standard InChI is InChI=1S/C11H11N3O4S/c1-7(15)9-6-13-14(11(9)16)10-4-3-8(5-12-10)19(2,17)18/h3-6,16H,1-2H3. The van der Waals surface area contributed by atoms with Gasteiger partial charge in [0.25, 0.3) is 0 Å². The average molecular weight is 281 g/mol. The number of ketones is 1. The molecule has 7 nitrogen and oxygen atoms in total. The summed E-state index contributed by atoms with van der Waals surface area (Å²) < 4.78 is 23.6. The molecule has 0 radical (unpaired) electrons. The molecule has 2 aromatic rings. The minimum atomic E-state index is -3.33. The third-order valence-electron chi connectivity index (χ3n) is 2.49. The molecule has 0 bridgehead atoms. The molecule has 0 spiro atoms. The Morgan fingerprint density at radius 3 is 2.42 bits per heavy atom. The molecule has 2 heterocycles. The number of carbonyl (C=O) groups excluding carboxylic acids is 1. The van der Waals surface area contributed by atoms with Crippen LogP contribution in [-0.2, 0) is 9.84 Å². The lowest BCUT2D eigenvalue weighted by Crippen LogP contribution is -2.02. The molecule has 0 saturated carbocycles. The van der Waals surface area contributed by atoms with Crippen molar-refractivity contribution in [1.82, 2.24) is 14.8 Å². The van der Waals surface area contributed by atoms with E-state index in [0.29, 0.717) is 0 Å². The molecule has 100 valence electrons. The second-order valence-electron chi connectivity index (χ2n) is 3.97. The number of rotatable bonds is 3. The Balaban J connectivity index is 2.46. The molecule has 0 aromatic carbocycles. The molecule has 0 fully saturated rings. The molecular weight excluding hydrogens is 270 g/mol. The number of pyridine rings is 1. The smallest absolute Gasteiger partial charge is 0.226 e. The zero-order valence-corrected chi connectivity index (χ0v) is 11.0. The van der Waals surface area contributed by atoms with Crippen molar-refractivity contribution in [2.45, 2.75) is 11.8 Å². The minimum Gasteiger partial charge on any atom is -0.493 e. The van der Waals surface area contributed by atoms with E-state index in [1.807, 2.05) is 0 Å². The van der Waals surface area contributed by atoms with E-state index in [2.05, 4.69) is 10.1 Å². The third-order valence-corrected chi connectivity index (χ3v) is 3.59. The molecule has 0 unspecified atom stereocenters. The Morgan fingerprint density at radius 1 is 1.32 bits per heavy atom. The molecular formula is C11H11N3O4S. The number of hydrogen-bond acceptors (Lipinski definition) is 6. The van der Waals surface area contributed by atoms with Gasteiger partial charge in [0, 0.05) is 12.5 Å². The molecule has 0 aliphatic rings. The summed E-state index contributed by atoms with van der Waals surface area (Å²) in [5.74, 6) is -0.430. The second-order valence-corrected chi connectivity index (χ2v) is 5.99. The van der Waals surface area contributed by atoms with Gasteiger partial charge < -0.3 is 5.11 Å². The topological polar surface area (TPSA) is 102 Å². The Kier molecular flexibility index (Phi) is 3.11. The van der Waals surface area contributed by atoms with Crippen LogP contribution in [0.25, 0.3) is 5.82 Å². The zero-order chi connectivity index (χ0) is 14.2. The van der Waals surface area contributed by atoms with Crippen molar-refractivity contribution < 1.29 is 18.3 Å². The van der Waals surface area contributed by atoms with Crippen molar-refractivity contribution in [3.8, 4) is 11.7 Å². The van der Waals surface area contributed by atoms with Gasteiger partial charge in [0.15, 0.2) is 21.4 Å². The predicted molar refractivity (Wildman–Crippen MR) is 66.1 cm³/mol. The Bertz CT molecular complexity index is 732. The van der Waals surface area contributed by atoms with Crippen LogP contribution < -0.4 is 0 Å². The number of carbonyl (C=O) groups is 1. The summed E-state index contributed by atoms with van der Waals surface area (Å²) >= 11 is 0. The van der Waals surface area contributed by atoms with Crippen molar-refractivity contribution in [1.29, 1.82) is 0 Å². The third kappa shape index (κ3) is 2.48. The summed E-state index contributed by atoms with van der Waals surface area (Å²) in [7, 11) is -3.33.